The normalized spacial score (nSPS) is 16.9. The van der Waals surface area contributed by atoms with Crippen molar-refractivity contribution < 1.29 is 9.59 Å². The first kappa shape index (κ1) is 17.7. The van der Waals surface area contributed by atoms with Gasteiger partial charge in [-0.1, -0.05) is 6.07 Å². The van der Waals surface area contributed by atoms with Gasteiger partial charge >= 0.3 is 0 Å². The summed E-state index contributed by atoms with van der Waals surface area (Å²) in [5.41, 5.74) is 4.68. The molecule has 138 valence electrons. The summed E-state index contributed by atoms with van der Waals surface area (Å²) in [6, 6.07) is 11.8. The van der Waals surface area contributed by atoms with Crippen LogP contribution in [0.3, 0.4) is 0 Å². The standard InChI is InChI=1S/C21H21N3O2S/c1-12-6-13(2)8-16(7-12)23-21(26)15-9-20(25)24(11-15)17-4-5-19-18(10-17)22-14(3)27-19/h4-8,10,15H,9,11H2,1-3H3,(H,23,26). The Morgan fingerprint density at radius 2 is 1.89 bits per heavy atom. The van der Waals surface area contributed by atoms with Gasteiger partial charge in [0.25, 0.3) is 0 Å². The molecule has 4 rings (SSSR count). The number of hydrogen-bond donors (Lipinski definition) is 1. The van der Waals surface area contributed by atoms with Crippen molar-refractivity contribution in [2.45, 2.75) is 27.2 Å². The molecule has 1 aromatic heterocycles. The third-order valence-corrected chi connectivity index (χ3v) is 5.73. The Kier molecular flexibility index (Phi) is 4.44. The van der Waals surface area contributed by atoms with Gasteiger partial charge in [-0.3, -0.25) is 9.59 Å². The van der Waals surface area contributed by atoms with Crippen LogP contribution in [0.15, 0.2) is 36.4 Å². The van der Waals surface area contributed by atoms with E-state index in [-0.39, 0.29) is 24.2 Å². The van der Waals surface area contributed by atoms with E-state index in [1.54, 1.807) is 16.2 Å². The van der Waals surface area contributed by atoms with Gasteiger partial charge in [-0.15, -0.1) is 11.3 Å². The molecule has 1 aliphatic heterocycles. The van der Waals surface area contributed by atoms with E-state index in [4.69, 9.17) is 0 Å². The maximum absolute atomic E-state index is 12.7. The van der Waals surface area contributed by atoms with E-state index in [1.807, 2.05) is 51.1 Å². The Morgan fingerprint density at radius 1 is 1.15 bits per heavy atom. The van der Waals surface area contributed by atoms with Crippen molar-refractivity contribution in [1.29, 1.82) is 0 Å². The molecule has 1 saturated heterocycles. The van der Waals surface area contributed by atoms with Gasteiger partial charge in [-0.25, -0.2) is 4.98 Å². The molecule has 1 N–H and O–H groups in total. The number of carbonyl (C=O) groups excluding carboxylic acids is 2. The van der Waals surface area contributed by atoms with Crippen LogP contribution in [0.25, 0.3) is 10.2 Å². The molecule has 2 heterocycles. The average molecular weight is 379 g/mol. The molecular formula is C21H21N3O2S. The smallest absolute Gasteiger partial charge is 0.229 e. The molecule has 0 spiro atoms. The van der Waals surface area contributed by atoms with Gasteiger partial charge in [0.1, 0.15) is 0 Å². The van der Waals surface area contributed by atoms with Crippen molar-refractivity contribution >= 4 is 44.7 Å². The van der Waals surface area contributed by atoms with Crippen LogP contribution in [0.5, 0.6) is 0 Å². The van der Waals surface area contributed by atoms with E-state index in [2.05, 4.69) is 16.4 Å². The summed E-state index contributed by atoms with van der Waals surface area (Å²) in [5, 5.41) is 3.96. The zero-order chi connectivity index (χ0) is 19.1. The summed E-state index contributed by atoms with van der Waals surface area (Å²) in [6.07, 6.45) is 0.227. The molecule has 0 aliphatic carbocycles. The second-order valence-corrected chi connectivity index (χ2v) is 8.39. The number of nitrogens with zero attached hydrogens (tertiary/aromatic N) is 2. The van der Waals surface area contributed by atoms with E-state index < -0.39 is 0 Å². The molecule has 0 bridgehead atoms. The molecular weight excluding hydrogens is 358 g/mol. The number of amides is 2. The highest BCUT2D eigenvalue weighted by Gasteiger charge is 2.35. The molecule has 0 saturated carbocycles. The van der Waals surface area contributed by atoms with Crippen molar-refractivity contribution in [2.75, 3.05) is 16.8 Å². The SMILES string of the molecule is Cc1cc(C)cc(NC(=O)C2CC(=O)N(c3ccc4sc(C)nc4c3)C2)c1. The Hall–Kier alpha value is -2.73. The number of nitrogens with one attached hydrogen (secondary N) is 1. The first-order valence-corrected chi connectivity index (χ1v) is 9.77. The van der Waals surface area contributed by atoms with Crippen LogP contribution in [0.4, 0.5) is 11.4 Å². The molecule has 5 nitrogen and oxygen atoms in total. The number of aromatic nitrogens is 1. The van der Waals surface area contributed by atoms with Gasteiger partial charge in [-0.2, -0.15) is 0 Å². The molecule has 3 aromatic rings. The van der Waals surface area contributed by atoms with Crippen LogP contribution in [0, 0.1) is 26.7 Å². The van der Waals surface area contributed by atoms with Gasteiger partial charge < -0.3 is 10.2 Å². The minimum Gasteiger partial charge on any atom is -0.326 e. The highest BCUT2D eigenvalue weighted by molar-refractivity contribution is 7.18. The minimum atomic E-state index is -0.355. The zero-order valence-electron chi connectivity index (χ0n) is 15.6. The molecule has 1 fully saturated rings. The number of carbonyl (C=O) groups is 2. The van der Waals surface area contributed by atoms with Crippen LogP contribution in [-0.4, -0.2) is 23.3 Å². The number of hydrogen-bond acceptors (Lipinski definition) is 4. The molecule has 1 unspecified atom stereocenters. The summed E-state index contributed by atoms with van der Waals surface area (Å²) in [4.78, 5) is 31.4. The topological polar surface area (TPSA) is 62.3 Å². The Balaban J connectivity index is 1.51. The lowest BCUT2D eigenvalue weighted by atomic mass is 10.1. The van der Waals surface area contributed by atoms with E-state index in [9.17, 15) is 9.59 Å². The number of anilines is 2. The fourth-order valence-electron chi connectivity index (χ4n) is 3.62. The molecule has 1 atom stereocenters. The van der Waals surface area contributed by atoms with Crippen LogP contribution >= 0.6 is 11.3 Å². The molecule has 2 amide bonds. The molecule has 1 aliphatic rings. The lowest BCUT2D eigenvalue weighted by Crippen LogP contribution is -2.28. The van der Waals surface area contributed by atoms with Gasteiger partial charge in [0.2, 0.25) is 11.8 Å². The number of rotatable bonds is 3. The average Bonchev–Trinajstić information content (AvgIpc) is 3.14. The number of aryl methyl sites for hydroxylation is 3. The molecule has 0 radical (unpaired) electrons. The largest absolute Gasteiger partial charge is 0.326 e. The third-order valence-electron chi connectivity index (χ3n) is 4.77. The Labute approximate surface area is 162 Å². The highest BCUT2D eigenvalue weighted by atomic mass is 32.1. The second kappa shape index (κ2) is 6.78. The Morgan fingerprint density at radius 3 is 2.63 bits per heavy atom. The van der Waals surface area contributed by atoms with Gasteiger partial charge in [-0.05, 0) is 62.2 Å². The summed E-state index contributed by atoms with van der Waals surface area (Å²) in [6.45, 7) is 6.36. The molecule has 2 aromatic carbocycles. The van der Waals surface area contributed by atoms with E-state index in [0.717, 1.165) is 37.7 Å². The fraction of sp³-hybridized carbons (Fsp3) is 0.286. The Bertz CT molecular complexity index is 1040. The summed E-state index contributed by atoms with van der Waals surface area (Å²) in [7, 11) is 0. The van der Waals surface area contributed by atoms with Crippen molar-refractivity contribution in [1.82, 2.24) is 4.98 Å². The number of thiazole rings is 1. The lowest BCUT2D eigenvalue weighted by Gasteiger charge is -2.17. The fourth-order valence-corrected chi connectivity index (χ4v) is 4.43. The van der Waals surface area contributed by atoms with Crippen LogP contribution in [0.1, 0.15) is 22.6 Å². The first-order valence-electron chi connectivity index (χ1n) is 8.96. The lowest BCUT2D eigenvalue weighted by molar-refractivity contribution is -0.122. The van der Waals surface area contributed by atoms with Gasteiger partial charge in [0.15, 0.2) is 0 Å². The van der Waals surface area contributed by atoms with Crippen molar-refractivity contribution in [3.8, 4) is 0 Å². The highest BCUT2D eigenvalue weighted by Crippen LogP contribution is 2.30. The predicted octanol–water partition coefficient (Wildman–Crippen LogP) is 4.21. The quantitative estimate of drug-likeness (QED) is 0.741. The molecule has 27 heavy (non-hydrogen) atoms. The third kappa shape index (κ3) is 3.57. The first-order chi connectivity index (χ1) is 12.9. The summed E-state index contributed by atoms with van der Waals surface area (Å²) in [5.74, 6) is -0.491. The molecule has 6 heteroatoms. The number of fused-ring (bicyclic) bond motifs is 1. The van der Waals surface area contributed by atoms with Crippen LogP contribution in [0.2, 0.25) is 0 Å². The van der Waals surface area contributed by atoms with Crippen molar-refractivity contribution in [3.05, 3.63) is 52.5 Å². The van der Waals surface area contributed by atoms with E-state index in [0.29, 0.717) is 6.54 Å². The van der Waals surface area contributed by atoms with Crippen LogP contribution < -0.4 is 10.2 Å². The van der Waals surface area contributed by atoms with Crippen molar-refractivity contribution in [3.63, 3.8) is 0 Å². The summed E-state index contributed by atoms with van der Waals surface area (Å²) < 4.78 is 1.10. The second-order valence-electron chi connectivity index (χ2n) is 7.16. The maximum Gasteiger partial charge on any atom is 0.229 e. The number of benzene rings is 2. The maximum atomic E-state index is 12.7. The van der Waals surface area contributed by atoms with Gasteiger partial charge in [0.05, 0.1) is 21.1 Å². The monoisotopic (exact) mass is 379 g/mol. The predicted molar refractivity (Wildman–Crippen MR) is 109 cm³/mol. The minimum absolute atomic E-state index is 0.0260. The zero-order valence-corrected chi connectivity index (χ0v) is 16.4. The van der Waals surface area contributed by atoms with Crippen LogP contribution in [-0.2, 0) is 9.59 Å². The van der Waals surface area contributed by atoms with Crippen molar-refractivity contribution in [2.24, 2.45) is 5.92 Å². The van der Waals surface area contributed by atoms with E-state index in [1.165, 1.54) is 0 Å². The van der Waals surface area contributed by atoms with Gasteiger partial charge in [0, 0.05) is 24.3 Å². The summed E-state index contributed by atoms with van der Waals surface area (Å²) >= 11 is 1.63. The van der Waals surface area contributed by atoms with E-state index >= 15 is 0 Å².